The molecule has 3 aromatic rings. The molecular weight excluding hydrogens is 312 g/mol. The fourth-order valence-electron chi connectivity index (χ4n) is 2.43. The van der Waals surface area contributed by atoms with Crippen molar-refractivity contribution in [3.8, 4) is 5.75 Å². The molecule has 0 bridgehead atoms. The Morgan fingerprint density at radius 1 is 1.00 bits per heavy atom. The van der Waals surface area contributed by atoms with Gasteiger partial charge in [0.15, 0.2) is 0 Å². The Kier molecular flexibility index (Phi) is 5.22. The molecule has 0 unspecified atom stereocenters. The summed E-state index contributed by atoms with van der Waals surface area (Å²) in [6, 6.07) is 20.7. The molecular formula is C21H18N2O2. The van der Waals surface area contributed by atoms with E-state index in [-0.39, 0.29) is 5.91 Å². The standard InChI is InChI=1S/C21H18N2O2/c1-25-19-9-5-6-16(14-19)15-20(17-7-3-2-4-8-17)21(24)23-18-10-12-22-13-11-18/h2-15H,1H3,(H,22,23,24)/b20-15+. The second-order valence-electron chi connectivity index (χ2n) is 5.39. The van der Waals surface area contributed by atoms with Crippen molar-refractivity contribution < 1.29 is 9.53 Å². The molecule has 4 nitrogen and oxygen atoms in total. The number of methoxy groups -OCH3 is 1. The number of hydrogen-bond donors (Lipinski definition) is 1. The second kappa shape index (κ2) is 7.93. The minimum Gasteiger partial charge on any atom is -0.497 e. The largest absolute Gasteiger partial charge is 0.497 e. The van der Waals surface area contributed by atoms with Crippen LogP contribution in [0.15, 0.2) is 79.1 Å². The molecule has 0 atom stereocenters. The second-order valence-corrected chi connectivity index (χ2v) is 5.39. The minimum absolute atomic E-state index is 0.180. The van der Waals surface area contributed by atoms with Crippen molar-refractivity contribution >= 4 is 23.2 Å². The smallest absolute Gasteiger partial charge is 0.256 e. The van der Waals surface area contributed by atoms with E-state index in [0.29, 0.717) is 11.3 Å². The summed E-state index contributed by atoms with van der Waals surface area (Å²) in [5, 5.41) is 2.91. The third-order valence-corrected chi connectivity index (χ3v) is 3.67. The van der Waals surface area contributed by atoms with Crippen LogP contribution in [0.1, 0.15) is 11.1 Å². The predicted octanol–water partition coefficient (Wildman–Crippen LogP) is 4.27. The van der Waals surface area contributed by atoms with Gasteiger partial charge < -0.3 is 10.1 Å². The first-order valence-corrected chi connectivity index (χ1v) is 7.89. The lowest BCUT2D eigenvalue weighted by molar-refractivity contribution is -0.111. The molecule has 0 aliphatic rings. The van der Waals surface area contributed by atoms with Crippen molar-refractivity contribution in [2.45, 2.75) is 0 Å². The molecule has 124 valence electrons. The number of nitrogens with zero attached hydrogens (tertiary/aromatic N) is 1. The van der Waals surface area contributed by atoms with Gasteiger partial charge in [-0.25, -0.2) is 0 Å². The number of amides is 1. The van der Waals surface area contributed by atoms with Crippen LogP contribution in [0.3, 0.4) is 0 Å². The number of aromatic nitrogens is 1. The number of hydrogen-bond acceptors (Lipinski definition) is 3. The molecule has 0 aliphatic heterocycles. The molecule has 0 radical (unpaired) electrons. The van der Waals surface area contributed by atoms with Crippen LogP contribution in [-0.4, -0.2) is 18.0 Å². The highest BCUT2D eigenvalue weighted by molar-refractivity contribution is 6.29. The number of pyridine rings is 1. The molecule has 0 saturated heterocycles. The highest BCUT2D eigenvalue weighted by Gasteiger charge is 2.12. The first-order chi connectivity index (χ1) is 12.3. The topological polar surface area (TPSA) is 51.2 Å². The molecule has 0 saturated carbocycles. The van der Waals surface area contributed by atoms with E-state index in [0.717, 1.165) is 16.9 Å². The van der Waals surface area contributed by atoms with Crippen LogP contribution >= 0.6 is 0 Å². The summed E-state index contributed by atoms with van der Waals surface area (Å²) in [6.45, 7) is 0. The van der Waals surface area contributed by atoms with Gasteiger partial charge in [0.05, 0.1) is 7.11 Å². The lowest BCUT2D eigenvalue weighted by Gasteiger charge is -2.10. The Bertz CT molecular complexity index is 875. The van der Waals surface area contributed by atoms with Crippen molar-refractivity contribution in [3.63, 3.8) is 0 Å². The van der Waals surface area contributed by atoms with E-state index in [1.165, 1.54) is 0 Å². The molecule has 1 N–H and O–H groups in total. The van der Waals surface area contributed by atoms with Crippen LogP contribution in [0.5, 0.6) is 5.75 Å². The maximum atomic E-state index is 12.8. The van der Waals surface area contributed by atoms with E-state index in [1.807, 2.05) is 60.7 Å². The third kappa shape index (κ3) is 4.32. The van der Waals surface area contributed by atoms with Gasteiger partial charge in [-0.15, -0.1) is 0 Å². The van der Waals surface area contributed by atoms with Crippen molar-refractivity contribution in [1.29, 1.82) is 0 Å². The van der Waals surface area contributed by atoms with E-state index in [1.54, 1.807) is 31.6 Å². The van der Waals surface area contributed by atoms with Crippen molar-refractivity contribution in [2.24, 2.45) is 0 Å². The summed E-state index contributed by atoms with van der Waals surface area (Å²) in [5.74, 6) is 0.566. The maximum absolute atomic E-state index is 12.8. The number of nitrogens with one attached hydrogen (secondary N) is 1. The van der Waals surface area contributed by atoms with Gasteiger partial charge in [-0.1, -0.05) is 42.5 Å². The normalized spacial score (nSPS) is 11.0. The summed E-state index contributed by atoms with van der Waals surface area (Å²) in [7, 11) is 1.62. The number of benzene rings is 2. The van der Waals surface area contributed by atoms with Gasteiger partial charge >= 0.3 is 0 Å². The summed E-state index contributed by atoms with van der Waals surface area (Å²) in [5.41, 5.74) is 3.01. The molecule has 0 spiro atoms. The van der Waals surface area contributed by atoms with Gasteiger partial charge in [-0.05, 0) is 41.5 Å². The number of carbonyl (C=O) groups excluding carboxylic acids is 1. The lowest BCUT2D eigenvalue weighted by atomic mass is 10.0. The maximum Gasteiger partial charge on any atom is 0.256 e. The molecule has 1 heterocycles. The molecule has 4 heteroatoms. The monoisotopic (exact) mass is 330 g/mol. The van der Waals surface area contributed by atoms with Gasteiger partial charge in [0, 0.05) is 23.7 Å². The quantitative estimate of drug-likeness (QED) is 0.561. The van der Waals surface area contributed by atoms with E-state index < -0.39 is 0 Å². The SMILES string of the molecule is COc1cccc(/C=C(/C(=O)Nc2ccncc2)c2ccccc2)c1. The van der Waals surface area contributed by atoms with Crippen molar-refractivity contribution in [2.75, 3.05) is 12.4 Å². The number of ether oxygens (including phenoxy) is 1. The molecule has 1 aromatic heterocycles. The molecule has 2 aromatic carbocycles. The third-order valence-electron chi connectivity index (χ3n) is 3.67. The van der Waals surface area contributed by atoms with E-state index in [4.69, 9.17) is 4.74 Å². The zero-order chi connectivity index (χ0) is 17.5. The van der Waals surface area contributed by atoms with Crippen LogP contribution in [0, 0.1) is 0 Å². The van der Waals surface area contributed by atoms with Gasteiger partial charge in [0.25, 0.3) is 5.91 Å². The van der Waals surface area contributed by atoms with Crippen molar-refractivity contribution in [1.82, 2.24) is 4.98 Å². The predicted molar refractivity (Wildman–Crippen MR) is 100 cm³/mol. The summed E-state index contributed by atoms with van der Waals surface area (Å²) >= 11 is 0. The van der Waals surface area contributed by atoms with Crippen LogP contribution in [0.25, 0.3) is 11.6 Å². The zero-order valence-corrected chi connectivity index (χ0v) is 13.8. The first kappa shape index (κ1) is 16.5. The lowest BCUT2D eigenvalue weighted by Crippen LogP contribution is -2.13. The summed E-state index contributed by atoms with van der Waals surface area (Å²) in [4.78, 5) is 16.8. The van der Waals surface area contributed by atoms with Crippen LogP contribution in [0.2, 0.25) is 0 Å². The highest BCUT2D eigenvalue weighted by Crippen LogP contribution is 2.22. The average Bonchev–Trinajstić information content (AvgIpc) is 2.67. The van der Waals surface area contributed by atoms with E-state index in [2.05, 4.69) is 10.3 Å². The Morgan fingerprint density at radius 2 is 1.76 bits per heavy atom. The number of anilines is 1. The van der Waals surface area contributed by atoms with Gasteiger partial charge in [0.2, 0.25) is 0 Å². The Labute approximate surface area is 146 Å². The summed E-state index contributed by atoms with van der Waals surface area (Å²) < 4.78 is 5.26. The van der Waals surface area contributed by atoms with Gasteiger partial charge in [0.1, 0.15) is 5.75 Å². The Balaban J connectivity index is 1.97. The molecule has 0 aliphatic carbocycles. The molecule has 1 amide bonds. The molecule has 0 fully saturated rings. The average molecular weight is 330 g/mol. The van der Waals surface area contributed by atoms with E-state index >= 15 is 0 Å². The number of rotatable bonds is 5. The number of carbonyl (C=O) groups is 1. The Morgan fingerprint density at radius 3 is 2.48 bits per heavy atom. The van der Waals surface area contributed by atoms with E-state index in [9.17, 15) is 4.79 Å². The fraction of sp³-hybridized carbons (Fsp3) is 0.0476. The van der Waals surface area contributed by atoms with Crippen LogP contribution in [-0.2, 0) is 4.79 Å². The summed E-state index contributed by atoms with van der Waals surface area (Å²) in [6.07, 6.45) is 5.14. The van der Waals surface area contributed by atoms with Crippen molar-refractivity contribution in [3.05, 3.63) is 90.3 Å². The zero-order valence-electron chi connectivity index (χ0n) is 13.8. The van der Waals surface area contributed by atoms with Crippen LogP contribution < -0.4 is 10.1 Å². The Hall–Kier alpha value is -3.40. The highest BCUT2D eigenvalue weighted by atomic mass is 16.5. The van der Waals surface area contributed by atoms with Gasteiger partial charge in [-0.3, -0.25) is 9.78 Å². The first-order valence-electron chi connectivity index (χ1n) is 7.89. The van der Waals surface area contributed by atoms with Crippen LogP contribution in [0.4, 0.5) is 5.69 Å². The molecule has 25 heavy (non-hydrogen) atoms. The minimum atomic E-state index is -0.180. The molecule has 3 rings (SSSR count). The fourth-order valence-corrected chi connectivity index (χ4v) is 2.43. The van der Waals surface area contributed by atoms with Gasteiger partial charge in [-0.2, -0.15) is 0 Å².